The van der Waals surface area contributed by atoms with Gasteiger partial charge in [0.25, 0.3) is 0 Å². The summed E-state index contributed by atoms with van der Waals surface area (Å²) < 4.78 is 0. The van der Waals surface area contributed by atoms with E-state index in [0.29, 0.717) is 18.2 Å². The quantitative estimate of drug-likeness (QED) is 0.601. The zero-order chi connectivity index (χ0) is 13.8. The number of hydrogen-bond acceptors (Lipinski definition) is 5. The summed E-state index contributed by atoms with van der Waals surface area (Å²) in [5.74, 6) is 0.922. The molecule has 0 aliphatic rings. The van der Waals surface area contributed by atoms with E-state index in [0.717, 1.165) is 6.42 Å². The van der Waals surface area contributed by atoms with Gasteiger partial charge in [-0.25, -0.2) is 4.98 Å². The number of nitrogens with zero attached hydrogens (tertiary/aromatic N) is 2. The van der Waals surface area contributed by atoms with Crippen LogP contribution in [-0.4, -0.2) is 23.5 Å². The molecule has 0 fully saturated rings. The number of anilines is 2. The Labute approximate surface area is 107 Å². The molecule has 1 aromatic rings. The fraction of sp³-hybridized carbons (Fsp3) is 0.583. The minimum absolute atomic E-state index is 0.000836. The topological polar surface area (TPSA) is 80.1 Å². The average molecular weight is 252 g/mol. The molecule has 2 N–H and O–H groups in total. The Morgan fingerprint density at radius 2 is 2.11 bits per heavy atom. The Hall–Kier alpha value is -1.85. The van der Waals surface area contributed by atoms with E-state index in [2.05, 4.69) is 36.4 Å². The molecule has 0 saturated heterocycles. The molecule has 0 aliphatic carbocycles. The third-order valence-corrected chi connectivity index (χ3v) is 3.02. The van der Waals surface area contributed by atoms with Gasteiger partial charge in [-0.05, 0) is 17.9 Å². The van der Waals surface area contributed by atoms with Gasteiger partial charge in [0.05, 0.1) is 4.92 Å². The van der Waals surface area contributed by atoms with Crippen molar-refractivity contribution in [2.75, 3.05) is 24.2 Å². The molecule has 0 spiro atoms. The molecule has 1 rings (SSSR count). The van der Waals surface area contributed by atoms with Gasteiger partial charge in [0.1, 0.15) is 5.82 Å². The van der Waals surface area contributed by atoms with Crippen molar-refractivity contribution in [3.63, 3.8) is 0 Å². The highest BCUT2D eigenvalue weighted by atomic mass is 16.6. The average Bonchev–Trinajstić information content (AvgIpc) is 2.36. The second-order valence-corrected chi connectivity index (χ2v) is 4.94. The first kappa shape index (κ1) is 14.2. The van der Waals surface area contributed by atoms with Crippen LogP contribution >= 0.6 is 0 Å². The van der Waals surface area contributed by atoms with Crippen LogP contribution < -0.4 is 10.6 Å². The number of aromatic nitrogens is 1. The van der Waals surface area contributed by atoms with Crippen LogP contribution in [0.5, 0.6) is 0 Å². The lowest BCUT2D eigenvalue weighted by Gasteiger charge is -2.23. The Bertz CT molecular complexity index is 432. The lowest BCUT2D eigenvalue weighted by atomic mass is 9.90. The zero-order valence-electron chi connectivity index (χ0n) is 11.3. The lowest BCUT2D eigenvalue weighted by molar-refractivity contribution is -0.384. The molecule has 18 heavy (non-hydrogen) atoms. The van der Waals surface area contributed by atoms with E-state index in [1.54, 1.807) is 13.1 Å². The van der Waals surface area contributed by atoms with Crippen LogP contribution in [0.3, 0.4) is 0 Å². The molecule has 6 heteroatoms. The van der Waals surface area contributed by atoms with E-state index in [1.807, 2.05) is 0 Å². The van der Waals surface area contributed by atoms with Gasteiger partial charge in [0, 0.05) is 19.7 Å². The van der Waals surface area contributed by atoms with Crippen molar-refractivity contribution in [1.29, 1.82) is 0 Å². The predicted molar refractivity (Wildman–Crippen MR) is 73.0 cm³/mol. The molecular weight excluding hydrogens is 232 g/mol. The summed E-state index contributed by atoms with van der Waals surface area (Å²) in [6, 6.07) is 3.05. The smallest absolute Gasteiger partial charge is 0.311 e. The molecule has 0 amide bonds. The summed E-state index contributed by atoms with van der Waals surface area (Å²) in [5.41, 5.74) is 0.0754. The molecule has 0 bridgehead atoms. The van der Waals surface area contributed by atoms with E-state index in [-0.39, 0.29) is 11.1 Å². The van der Waals surface area contributed by atoms with Crippen molar-refractivity contribution in [3.8, 4) is 0 Å². The van der Waals surface area contributed by atoms with E-state index in [4.69, 9.17) is 0 Å². The van der Waals surface area contributed by atoms with Gasteiger partial charge < -0.3 is 10.6 Å². The number of nitro groups is 1. The second kappa shape index (κ2) is 5.66. The van der Waals surface area contributed by atoms with Crippen LogP contribution in [0, 0.1) is 15.5 Å². The SMILES string of the molecule is CCC(C)(C)CNc1nc(NC)ccc1[N+](=O)[O-]. The normalized spacial score (nSPS) is 11.1. The van der Waals surface area contributed by atoms with Crippen molar-refractivity contribution in [2.24, 2.45) is 5.41 Å². The summed E-state index contributed by atoms with van der Waals surface area (Å²) in [6.07, 6.45) is 0.986. The predicted octanol–water partition coefficient (Wildman–Crippen LogP) is 2.88. The highest BCUT2D eigenvalue weighted by Gasteiger charge is 2.20. The van der Waals surface area contributed by atoms with Crippen molar-refractivity contribution in [2.45, 2.75) is 27.2 Å². The first-order valence-corrected chi connectivity index (χ1v) is 5.96. The van der Waals surface area contributed by atoms with Gasteiger partial charge >= 0.3 is 5.69 Å². The number of pyridine rings is 1. The maximum Gasteiger partial charge on any atom is 0.311 e. The first-order valence-electron chi connectivity index (χ1n) is 5.96. The largest absolute Gasteiger partial charge is 0.373 e. The van der Waals surface area contributed by atoms with Gasteiger partial charge in [0.2, 0.25) is 5.82 Å². The fourth-order valence-corrected chi connectivity index (χ4v) is 1.32. The maximum atomic E-state index is 10.9. The maximum absolute atomic E-state index is 10.9. The van der Waals surface area contributed by atoms with Crippen LogP contribution in [0.15, 0.2) is 12.1 Å². The van der Waals surface area contributed by atoms with E-state index in [1.165, 1.54) is 6.07 Å². The van der Waals surface area contributed by atoms with Crippen LogP contribution in [0.2, 0.25) is 0 Å². The lowest BCUT2D eigenvalue weighted by Crippen LogP contribution is -2.23. The molecule has 0 aliphatic heterocycles. The monoisotopic (exact) mass is 252 g/mol. The highest BCUT2D eigenvalue weighted by molar-refractivity contribution is 5.60. The Balaban J connectivity index is 2.94. The molecule has 0 aromatic carbocycles. The van der Waals surface area contributed by atoms with Gasteiger partial charge in [-0.1, -0.05) is 20.8 Å². The molecule has 0 radical (unpaired) electrons. The minimum atomic E-state index is -0.423. The summed E-state index contributed by atoms with van der Waals surface area (Å²) in [7, 11) is 1.73. The number of rotatable bonds is 6. The molecular formula is C12H20N4O2. The molecule has 1 heterocycles. The number of nitrogens with one attached hydrogen (secondary N) is 2. The fourth-order valence-electron chi connectivity index (χ4n) is 1.32. The zero-order valence-corrected chi connectivity index (χ0v) is 11.3. The summed E-state index contributed by atoms with van der Waals surface area (Å²) in [6.45, 7) is 6.94. The summed E-state index contributed by atoms with van der Waals surface area (Å²) in [4.78, 5) is 14.7. The van der Waals surface area contributed by atoms with Gasteiger partial charge in [-0.15, -0.1) is 0 Å². The second-order valence-electron chi connectivity index (χ2n) is 4.94. The molecule has 6 nitrogen and oxygen atoms in total. The third-order valence-electron chi connectivity index (χ3n) is 3.02. The third kappa shape index (κ3) is 3.58. The van der Waals surface area contributed by atoms with Crippen molar-refractivity contribution >= 4 is 17.3 Å². The Morgan fingerprint density at radius 1 is 1.44 bits per heavy atom. The number of hydrogen-bond donors (Lipinski definition) is 2. The van der Waals surface area contributed by atoms with Crippen molar-refractivity contribution in [3.05, 3.63) is 22.2 Å². The van der Waals surface area contributed by atoms with Crippen LogP contribution in [-0.2, 0) is 0 Å². The summed E-state index contributed by atoms with van der Waals surface area (Å²) >= 11 is 0. The Morgan fingerprint density at radius 3 is 2.61 bits per heavy atom. The van der Waals surface area contributed by atoms with E-state index >= 15 is 0 Å². The molecule has 100 valence electrons. The van der Waals surface area contributed by atoms with Gasteiger partial charge in [-0.3, -0.25) is 10.1 Å². The molecule has 1 aromatic heterocycles. The van der Waals surface area contributed by atoms with Crippen LogP contribution in [0.4, 0.5) is 17.3 Å². The summed E-state index contributed by atoms with van der Waals surface area (Å²) in [5, 5.41) is 16.9. The van der Waals surface area contributed by atoms with E-state index < -0.39 is 4.92 Å². The molecule has 0 unspecified atom stereocenters. The van der Waals surface area contributed by atoms with Gasteiger partial charge in [-0.2, -0.15) is 0 Å². The van der Waals surface area contributed by atoms with Crippen molar-refractivity contribution < 1.29 is 4.92 Å². The highest BCUT2D eigenvalue weighted by Crippen LogP contribution is 2.26. The minimum Gasteiger partial charge on any atom is -0.373 e. The van der Waals surface area contributed by atoms with Gasteiger partial charge in [0.15, 0.2) is 0 Å². The standard InChI is InChI=1S/C12H20N4O2/c1-5-12(2,3)8-14-11-9(16(17)18)6-7-10(13-4)15-11/h6-7H,5,8H2,1-4H3,(H2,13,14,15). The van der Waals surface area contributed by atoms with Crippen LogP contribution in [0.1, 0.15) is 27.2 Å². The molecule has 0 saturated carbocycles. The van der Waals surface area contributed by atoms with Crippen LogP contribution in [0.25, 0.3) is 0 Å². The Kier molecular flexibility index (Phi) is 4.47. The first-order chi connectivity index (χ1) is 8.39. The molecule has 0 atom stereocenters. The van der Waals surface area contributed by atoms with Crippen molar-refractivity contribution in [1.82, 2.24) is 4.98 Å². The van der Waals surface area contributed by atoms with E-state index in [9.17, 15) is 10.1 Å².